The van der Waals surface area contributed by atoms with Gasteiger partial charge in [-0.3, -0.25) is 14.6 Å². The third-order valence-electron chi connectivity index (χ3n) is 2.40. The van der Waals surface area contributed by atoms with Crippen molar-refractivity contribution >= 4 is 17.5 Å². The molecular formula is C12H18N4O2. The van der Waals surface area contributed by atoms with E-state index in [0.29, 0.717) is 11.3 Å². The summed E-state index contributed by atoms with van der Waals surface area (Å²) in [5.74, 6) is -0.725. The van der Waals surface area contributed by atoms with Crippen molar-refractivity contribution in [2.45, 2.75) is 25.8 Å². The van der Waals surface area contributed by atoms with Gasteiger partial charge in [0.1, 0.15) is 0 Å². The van der Waals surface area contributed by atoms with E-state index in [1.165, 1.54) is 6.20 Å². The lowest BCUT2D eigenvalue weighted by Gasteiger charge is -2.25. The summed E-state index contributed by atoms with van der Waals surface area (Å²) in [6, 6.07) is 1.61. The molecule has 0 aliphatic carbocycles. The minimum atomic E-state index is -0.683. The van der Waals surface area contributed by atoms with Crippen LogP contribution in [-0.2, 0) is 4.79 Å². The molecule has 4 N–H and O–H groups in total. The number of nitrogens with one attached hydrogen (secondary N) is 2. The van der Waals surface area contributed by atoms with E-state index >= 15 is 0 Å². The molecule has 2 amide bonds. The summed E-state index contributed by atoms with van der Waals surface area (Å²) in [6.45, 7) is 3.49. The van der Waals surface area contributed by atoms with Gasteiger partial charge in [0.15, 0.2) is 0 Å². The quantitative estimate of drug-likeness (QED) is 0.709. The predicted octanol–water partition coefficient (Wildman–Crippen LogP) is 0.507. The number of hydrogen-bond donors (Lipinski definition) is 3. The van der Waals surface area contributed by atoms with Crippen LogP contribution in [0.15, 0.2) is 18.5 Å². The first-order valence-corrected chi connectivity index (χ1v) is 5.58. The normalized spacial score (nSPS) is 10.8. The fraction of sp³-hybridized carbons (Fsp3) is 0.417. The summed E-state index contributed by atoms with van der Waals surface area (Å²) in [5, 5.41) is 5.66. The number of nitrogens with zero attached hydrogens (tertiary/aromatic N) is 1. The topological polar surface area (TPSA) is 97.1 Å². The molecule has 6 nitrogen and oxygen atoms in total. The highest BCUT2D eigenvalue weighted by atomic mass is 16.2. The minimum Gasteiger partial charge on any atom is -0.386 e. The zero-order chi connectivity index (χ0) is 13.8. The molecule has 0 aliphatic rings. The number of anilines is 1. The number of hydrogen-bond acceptors (Lipinski definition) is 4. The van der Waals surface area contributed by atoms with Gasteiger partial charge in [0, 0.05) is 25.2 Å². The van der Waals surface area contributed by atoms with Crippen molar-refractivity contribution < 1.29 is 9.59 Å². The van der Waals surface area contributed by atoms with Crippen LogP contribution in [-0.4, -0.2) is 29.4 Å². The van der Waals surface area contributed by atoms with E-state index in [1.807, 2.05) is 0 Å². The lowest BCUT2D eigenvalue weighted by molar-refractivity contribution is -0.119. The molecule has 0 saturated heterocycles. The first-order valence-electron chi connectivity index (χ1n) is 5.58. The van der Waals surface area contributed by atoms with Crippen molar-refractivity contribution in [2.75, 3.05) is 12.4 Å². The third kappa shape index (κ3) is 3.73. The number of carbonyl (C=O) groups is 2. The Morgan fingerprint density at radius 2 is 2.11 bits per heavy atom. The second kappa shape index (κ2) is 5.48. The first kappa shape index (κ1) is 14.0. The zero-order valence-corrected chi connectivity index (χ0v) is 10.8. The Kier molecular flexibility index (Phi) is 4.25. The summed E-state index contributed by atoms with van der Waals surface area (Å²) in [6.07, 6.45) is 3.19. The Morgan fingerprint density at radius 3 is 2.67 bits per heavy atom. The van der Waals surface area contributed by atoms with E-state index in [1.54, 1.807) is 33.2 Å². The summed E-state index contributed by atoms with van der Waals surface area (Å²) >= 11 is 0. The van der Waals surface area contributed by atoms with Gasteiger partial charge in [0.05, 0.1) is 17.4 Å². The lowest BCUT2D eigenvalue weighted by atomic mass is 9.99. The van der Waals surface area contributed by atoms with Gasteiger partial charge in [0.2, 0.25) is 5.91 Å². The van der Waals surface area contributed by atoms with E-state index in [2.05, 4.69) is 15.6 Å². The van der Waals surface area contributed by atoms with Gasteiger partial charge < -0.3 is 16.4 Å². The number of nitrogens with two attached hydrogens (primary N) is 1. The van der Waals surface area contributed by atoms with Crippen LogP contribution in [0.1, 0.15) is 30.6 Å². The fourth-order valence-corrected chi connectivity index (χ4v) is 1.65. The molecule has 18 heavy (non-hydrogen) atoms. The van der Waals surface area contributed by atoms with E-state index in [-0.39, 0.29) is 12.3 Å². The van der Waals surface area contributed by atoms with Crippen molar-refractivity contribution in [3.05, 3.63) is 24.0 Å². The summed E-state index contributed by atoms with van der Waals surface area (Å²) in [7, 11) is 1.71. The number of rotatable bonds is 5. The van der Waals surface area contributed by atoms with Crippen LogP contribution in [0.2, 0.25) is 0 Å². The molecule has 98 valence electrons. The highest BCUT2D eigenvalue weighted by Crippen LogP contribution is 2.15. The summed E-state index contributed by atoms with van der Waals surface area (Å²) in [5.41, 5.74) is 5.56. The molecule has 0 aromatic carbocycles. The number of primary amides is 1. The summed E-state index contributed by atoms with van der Waals surface area (Å²) in [4.78, 5) is 26.9. The van der Waals surface area contributed by atoms with Gasteiger partial charge in [-0.15, -0.1) is 0 Å². The van der Waals surface area contributed by atoms with Crippen LogP contribution >= 0.6 is 0 Å². The fourth-order valence-electron chi connectivity index (χ4n) is 1.65. The smallest absolute Gasteiger partial charge is 0.253 e. The second-order valence-corrected chi connectivity index (χ2v) is 4.65. The highest BCUT2D eigenvalue weighted by Gasteiger charge is 2.24. The molecule has 6 heteroatoms. The summed E-state index contributed by atoms with van der Waals surface area (Å²) < 4.78 is 0. The lowest BCUT2D eigenvalue weighted by Crippen LogP contribution is -2.46. The maximum Gasteiger partial charge on any atom is 0.253 e. The Balaban J connectivity index is 2.85. The second-order valence-electron chi connectivity index (χ2n) is 4.65. The van der Waals surface area contributed by atoms with Crippen LogP contribution in [0.3, 0.4) is 0 Å². The van der Waals surface area contributed by atoms with Crippen molar-refractivity contribution in [1.82, 2.24) is 10.3 Å². The molecule has 0 saturated carbocycles. The van der Waals surface area contributed by atoms with Crippen molar-refractivity contribution in [3.8, 4) is 0 Å². The van der Waals surface area contributed by atoms with Gasteiger partial charge in [-0.2, -0.15) is 0 Å². The van der Waals surface area contributed by atoms with Crippen LogP contribution in [0.25, 0.3) is 0 Å². The molecule has 0 unspecified atom stereocenters. The van der Waals surface area contributed by atoms with E-state index in [0.717, 1.165) is 0 Å². The van der Waals surface area contributed by atoms with Crippen LogP contribution < -0.4 is 16.4 Å². The monoisotopic (exact) mass is 250 g/mol. The number of amides is 2. The number of pyridine rings is 1. The molecule has 0 atom stereocenters. The maximum atomic E-state index is 12.1. The van der Waals surface area contributed by atoms with E-state index in [4.69, 9.17) is 5.73 Å². The van der Waals surface area contributed by atoms with Crippen LogP contribution in [0.4, 0.5) is 5.69 Å². The molecule has 0 fully saturated rings. The van der Waals surface area contributed by atoms with Gasteiger partial charge in [0.25, 0.3) is 5.91 Å². The SMILES string of the molecule is CNc1cnccc1C(=O)NC(C)(C)CC(N)=O. The number of carbonyl (C=O) groups excluding carboxylic acids is 2. The third-order valence-corrected chi connectivity index (χ3v) is 2.40. The molecule has 0 spiro atoms. The van der Waals surface area contributed by atoms with Gasteiger partial charge in [-0.25, -0.2) is 0 Å². The van der Waals surface area contributed by atoms with Crippen LogP contribution in [0.5, 0.6) is 0 Å². The Bertz CT molecular complexity index is 457. The average molecular weight is 250 g/mol. The Morgan fingerprint density at radius 1 is 1.44 bits per heavy atom. The molecule has 1 aromatic rings. The van der Waals surface area contributed by atoms with Gasteiger partial charge in [-0.1, -0.05) is 0 Å². The number of aromatic nitrogens is 1. The zero-order valence-electron chi connectivity index (χ0n) is 10.8. The molecule has 0 bridgehead atoms. The average Bonchev–Trinajstić information content (AvgIpc) is 2.26. The molecule has 1 aromatic heterocycles. The van der Waals surface area contributed by atoms with E-state index < -0.39 is 11.4 Å². The first-order chi connectivity index (χ1) is 8.35. The highest BCUT2D eigenvalue weighted by molar-refractivity contribution is 5.99. The molecule has 0 radical (unpaired) electrons. The Labute approximate surface area is 106 Å². The van der Waals surface area contributed by atoms with Crippen LogP contribution in [0, 0.1) is 0 Å². The van der Waals surface area contributed by atoms with Crippen molar-refractivity contribution in [1.29, 1.82) is 0 Å². The molecule has 1 rings (SSSR count). The molecule has 0 aliphatic heterocycles. The van der Waals surface area contributed by atoms with Gasteiger partial charge in [-0.05, 0) is 19.9 Å². The van der Waals surface area contributed by atoms with Gasteiger partial charge >= 0.3 is 0 Å². The standard InChI is InChI=1S/C12H18N4O2/c1-12(2,6-10(13)17)16-11(18)8-4-5-15-7-9(8)14-3/h4-5,7,14H,6H2,1-3H3,(H2,13,17)(H,16,18). The van der Waals surface area contributed by atoms with Crippen molar-refractivity contribution in [3.63, 3.8) is 0 Å². The Hall–Kier alpha value is -2.11. The molecular weight excluding hydrogens is 232 g/mol. The minimum absolute atomic E-state index is 0.0821. The largest absolute Gasteiger partial charge is 0.386 e. The predicted molar refractivity (Wildman–Crippen MR) is 69.1 cm³/mol. The molecule has 1 heterocycles. The van der Waals surface area contributed by atoms with Crippen molar-refractivity contribution in [2.24, 2.45) is 5.73 Å². The maximum absolute atomic E-state index is 12.1. The van der Waals surface area contributed by atoms with E-state index in [9.17, 15) is 9.59 Å².